The molecule has 0 amide bonds. The third-order valence-corrected chi connectivity index (χ3v) is 8.50. The van der Waals surface area contributed by atoms with Crippen LogP contribution in [-0.2, 0) is 9.05 Å². The zero-order valence-corrected chi connectivity index (χ0v) is 26.3. The van der Waals surface area contributed by atoms with Gasteiger partial charge in [-0.1, -0.05) is 162 Å². The van der Waals surface area contributed by atoms with Crippen LogP contribution < -0.4 is 5.73 Å². The molecule has 0 saturated heterocycles. The maximum Gasteiger partial charge on any atom is 0.329 e. The highest BCUT2D eigenvalue weighted by Crippen LogP contribution is 2.33. The lowest BCUT2D eigenvalue weighted by Crippen LogP contribution is -2.03. The van der Waals surface area contributed by atoms with Crippen molar-refractivity contribution in [3.63, 3.8) is 0 Å². The van der Waals surface area contributed by atoms with Gasteiger partial charge in [0.25, 0.3) is 0 Å². The molecule has 0 aromatic rings. The zero-order chi connectivity index (χ0) is 27.1. The molecule has 0 fully saturated rings. The van der Waals surface area contributed by atoms with Gasteiger partial charge in [-0.15, -0.1) is 0 Å². The molecule has 4 nitrogen and oxygen atoms in total. The van der Waals surface area contributed by atoms with Gasteiger partial charge in [-0.25, -0.2) is 0 Å². The molecule has 0 spiro atoms. The van der Waals surface area contributed by atoms with Crippen molar-refractivity contribution in [2.24, 2.45) is 11.7 Å². The van der Waals surface area contributed by atoms with Crippen LogP contribution in [0.25, 0.3) is 0 Å². The molecular formula is C32H68NO3P. The Bertz CT molecular complexity index is 413. The highest BCUT2D eigenvalue weighted by atomic mass is 31.2. The zero-order valence-electron chi connectivity index (χ0n) is 25.4. The van der Waals surface area contributed by atoms with Crippen LogP contribution in [0.2, 0.25) is 0 Å². The number of unbranched alkanes of at least 4 members (excludes halogenated alkanes) is 19. The highest BCUT2D eigenvalue weighted by Gasteiger charge is 2.10. The SMILES string of the molecule is CCCCCCCCCCCCOP(O)OCCCCC(CCCCCCC)CCCCCCCCN. The monoisotopic (exact) mass is 545 g/mol. The van der Waals surface area contributed by atoms with E-state index in [1.54, 1.807) is 0 Å². The molecule has 2 unspecified atom stereocenters. The molecule has 0 saturated carbocycles. The van der Waals surface area contributed by atoms with Crippen LogP contribution in [-0.4, -0.2) is 24.7 Å². The van der Waals surface area contributed by atoms with Crippen LogP contribution >= 0.6 is 8.60 Å². The van der Waals surface area contributed by atoms with Gasteiger partial charge in [-0.2, -0.15) is 0 Å². The van der Waals surface area contributed by atoms with Crippen LogP contribution in [0, 0.1) is 5.92 Å². The summed E-state index contributed by atoms with van der Waals surface area (Å²) < 4.78 is 11.1. The average molecular weight is 546 g/mol. The van der Waals surface area contributed by atoms with E-state index in [0.717, 1.165) is 25.3 Å². The molecule has 224 valence electrons. The van der Waals surface area contributed by atoms with Crippen molar-refractivity contribution in [2.75, 3.05) is 19.8 Å². The Balaban J connectivity index is 3.73. The lowest BCUT2D eigenvalue weighted by Gasteiger charge is -2.17. The first-order valence-corrected chi connectivity index (χ1v) is 17.8. The van der Waals surface area contributed by atoms with Gasteiger partial charge in [0.1, 0.15) is 0 Å². The molecule has 0 aliphatic heterocycles. The normalized spacial score (nSPS) is 13.3. The van der Waals surface area contributed by atoms with Crippen molar-refractivity contribution in [1.29, 1.82) is 0 Å². The Morgan fingerprint density at radius 1 is 0.486 bits per heavy atom. The van der Waals surface area contributed by atoms with Crippen LogP contribution in [0.4, 0.5) is 0 Å². The maximum atomic E-state index is 10.0. The standard InChI is InChI=1S/C32H68NO3P/c1-3-5-7-9-10-11-12-15-19-24-30-35-37(34)36-31-25-22-28-32(26-20-16-8-6-4-2)27-21-17-13-14-18-23-29-33/h32,34H,3-31,33H2,1-2H3. The Morgan fingerprint density at radius 3 is 1.24 bits per heavy atom. The number of hydrogen-bond acceptors (Lipinski definition) is 4. The molecule has 5 heteroatoms. The minimum Gasteiger partial charge on any atom is -0.330 e. The number of hydrogen-bond donors (Lipinski definition) is 2. The first-order chi connectivity index (χ1) is 18.2. The Morgan fingerprint density at radius 2 is 0.811 bits per heavy atom. The lowest BCUT2D eigenvalue weighted by atomic mass is 9.90. The summed E-state index contributed by atoms with van der Waals surface area (Å²) in [5.74, 6) is 0.869. The molecule has 2 atom stereocenters. The predicted molar refractivity (Wildman–Crippen MR) is 165 cm³/mol. The van der Waals surface area contributed by atoms with Crippen molar-refractivity contribution < 1.29 is 13.9 Å². The molecule has 0 aromatic carbocycles. The summed E-state index contributed by atoms with van der Waals surface area (Å²) in [5, 5.41) is 0. The fourth-order valence-electron chi connectivity index (χ4n) is 5.20. The van der Waals surface area contributed by atoms with E-state index < -0.39 is 8.60 Å². The van der Waals surface area contributed by atoms with E-state index in [4.69, 9.17) is 14.8 Å². The summed E-state index contributed by atoms with van der Waals surface area (Å²) in [6.45, 7) is 6.66. The summed E-state index contributed by atoms with van der Waals surface area (Å²) in [5.41, 5.74) is 5.60. The van der Waals surface area contributed by atoms with E-state index in [1.165, 1.54) is 154 Å². The molecule has 3 N–H and O–H groups in total. The second-order valence-corrected chi connectivity index (χ2v) is 12.3. The third-order valence-electron chi connectivity index (χ3n) is 7.69. The molecule has 0 aliphatic rings. The van der Waals surface area contributed by atoms with Gasteiger partial charge < -0.3 is 19.7 Å². The Hall–Kier alpha value is 0.270. The Labute approximate surface area is 234 Å². The number of nitrogens with two attached hydrogens (primary N) is 1. The van der Waals surface area contributed by atoms with E-state index >= 15 is 0 Å². The van der Waals surface area contributed by atoms with E-state index in [9.17, 15) is 4.89 Å². The van der Waals surface area contributed by atoms with Crippen LogP contribution in [0.15, 0.2) is 0 Å². The van der Waals surface area contributed by atoms with Crippen molar-refractivity contribution in [1.82, 2.24) is 0 Å². The van der Waals surface area contributed by atoms with E-state index in [0.29, 0.717) is 13.2 Å². The van der Waals surface area contributed by atoms with Crippen molar-refractivity contribution in [2.45, 2.75) is 181 Å². The predicted octanol–water partition coefficient (Wildman–Crippen LogP) is 11.0. The molecule has 0 heterocycles. The summed E-state index contributed by atoms with van der Waals surface area (Å²) in [6.07, 6.45) is 34.3. The highest BCUT2D eigenvalue weighted by molar-refractivity contribution is 7.40. The molecule has 0 radical (unpaired) electrons. The Kier molecular flexibility index (Phi) is 32.7. The summed E-state index contributed by atoms with van der Waals surface area (Å²) in [6, 6.07) is 0. The summed E-state index contributed by atoms with van der Waals surface area (Å²) in [4.78, 5) is 10.0. The van der Waals surface area contributed by atoms with Gasteiger partial charge in [-0.05, 0) is 31.7 Å². The molecule has 37 heavy (non-hydrogen) atoms. The topological polar surface area (TPSA) is 64.7 Å². The van der Waals surface area contributed by atoms with Crippen LogP contribution in [0.5, 0.6) is 0 Å². The maximum absolute atomic E-state index is 10.0. The van der Waals surface area contributed by atoms with Crippen LogP contribution in [0.1, 0.15) is 181 Å². The third kappa shape index (κ3) is 30.7. The summed E-state index contributed by atoms with van der Waals surface area (Å²) >= 11 is 0. The first kappa shape index (κ1) is 37.3. The van der Waals surface area contributed by atoms with Gasteiger partial charge in [0.15, 0.2) is 0 Å². The largest absolute Gasteiger partial charge is 0.330 e. The van der Waals surface area contributed by atoms with Crippen molar-refractivity contribution in [3.8, 4) is 0 Å². The second-order valence-electron chi connectivity index (χ2n) is 11.3. The minimum atomic E-state index is -1.69. The second kappa shape index (κ2) is 32.5. The summed E-state index contributed by atoms with van der Waals surface area (Å²) in [7, 11) is -1.69. The van der Waals surface area contributed by atoms with Crippen LogP contribution in [0.3, 0.4) is 0 Å². The molecule has 0 bridgehead atoms. The average Bonchev–Trinajstić information content (AvgIpc) is 2.90. The van der Waals surface area contributed by atoms with Gasteiger partial charge in [-0.3, -0.25) is 0 Å². The molecular weight excluding hydrogens is 477 g/mol. The van der Waals surface area contributed by atoms with Gasteiger partial charge in [0, 0.05) is 0 Å². The van der Waals surface area contributed by atoms with E-state index in [2.05, 4.69) is 13.8 Å². The van der Waals surface area contributed by atoms with Crippen molar-refractivity contribution >= 4 is 8.60 Å². The molecule has 0 aromatic heterocycles. The number of rotatable bonds is 32. The van der Waals surface area contributed by atoms with E-state index in [1.807, 2.05) is 0 Å². The minimum absolute atomic E-state index is 0.630. The molecule has 0 rings (SSSR count). The van der Waals surface area contributed by atoms with Crippen molar-refractivity contribution in [3.05, 3.63) is 0 Å². The molecule has 0 aliphatic carbocycles. The van der Waals surface area contributed by atoms with Gasteiger partial charge in [0.2, 0.25) is 0 Å². The first-order valence-electron chi connectivity index (χ1n) is 16.7. The quantitative estimate of drug-likeness (QED) is 0.0651. The lowest BCUT2D eigenvalue weighted by molar-refractivity contribution is 0.192. The fraction of sp³-hybridized carbons (Fsp3) is 1.00. The van der Waals surface area contributed by atoms with E-state index in [-0.39, 0.29) is 0 Å². The van der Waals surface area contributed by atoms with Gasteiger partial charge >= 0.3 is 8.60 Å². The van der Waals surface area contributed by atoms with Gasteiger partial charge in [0.05, 0.1) is 13.2 Å². The fourth-order valence-corrected chi connectivity index (χ4v) is 5.85. The smallest absolute Gasteiger partial charge is 0.329 e.